The van der Waals surface area contributed by atoms with Crippen LogP contribution in [0.15, 0.2) is 5.38 Å². The van der Waals surface area contributed by atoms with E-state index in [1.54, 1.807) is 11.3 Å². The van der Waals surface area contributed by atoms with Gasteiger partial charge < -0.3 is 0 Å². The maximum atomic E-state index is 11.7. The normalized spacial score (nSPS) is 22.8. The minimum absolute atomic E-state index is 0.0366. The number of sulfone groups is 1. The molecule has 0 saturated carbocycles. The highest BCUT2D eigenvalue weighted by Gasteiger charge is 2.44. The molecule has 1 unspecified atom stereocenters. The van der Waals surface area contributed by atoms with E-state index in [9.17, 15) is 8.42 Å². The maximum absolute atomic E-state index is 11.7. The first kappa shape index (κ1) is 15.5. The first-order valence-corrected chi connectivity index (χ1v) is 9.91. The quantitative estimate of drug-likeness (QED) is 0.773. The van der Waals surface area contributed by atoms with Crippen molar-refractivity contribution in [2.24, 2.45) is 11.3 Å². The van der Waals surface area contributed by atoms with Gasteiger partial charge in [0.2, 0.25) is 0 Å². The second-order valence-corrected chi connectivity index (χ2v) is 9.09. The maximum Gasteiger partial charge on any atom is 0.150 e. The molecule has 108 valence electrons. The molecule has 1 aromatic rings. The van der Waals surface area contributed by atoms with Crippen molar-refractivity contribution in [1.29, 1.82) is 0 Å². The molecule has 0 aliphatic carbocycles. The van der Waals surface area contributed by atoms with Gasteiger partial charge in [0.1, 0.15) is 0 Å². The zero-order valence-electron chi connectivity index (χ0n) is 10.7. The van der Waals surface area contributed by atoms with Crippen molar-refractivity contribution in [3.8, 4) is 0 Å². The van der Waals surface area contributed by atoms with Gasteiger partial charge in [0.15, 0.2) is 9.84 Å². The van der Waals surface area contributed by atoms with Gasteiger partial charge in [-0.3, -0.25) is 0 Å². The Morgan fingerprint density at radius 3 is 2.58 bits per heavy atom. The fourth-order valence-corrected chi connectivity index (χ4v) is 6.09. The summed E-state index contributed by atoms with van der Waals surface area (Å²) < 4.78 is 23.4. The van der Waals surface area contributed by atoms with Crippen molar-refractivity contribution >= 4 is 44.4 Å². The van der Waals surface area contributed by atoms with Crippen LogP contribution < -0.4 is 0 Å². The van der Waals surface area contributed by atoms with E-state index in [2.05, 4.69) is 4.98 Å². The van der Waals surface area contributed by atoms with Gasteiger partial charge in [-0.15, -0.1) is 34.5 Å². The average molecular weight is 342 g/mol. The van der Waals surface area contributed by atoms with Gasteiger partial charge in [0.05, 0.1) is 22.2 Å². The summed E-state index contributed by atoms with van der Waals surface area (Å²) in [4.78, 5) is 4.45. The highest BCUT2D eigenvalue weighted by molar-refractivity contribution is 7.91. The lowest BCUT2D eigenvalue weighted by Gasteiger charge is -2.34. The second-order valence-electron chi connectivity index (χ2n) is 5.26. The van der Waals surface area contributed by atoms with Gasteiger partial charge in [0, 0.05) is 22.6 Å². The Morgan fingerprint density at radius 1 is 1.47 bits per heavy atom. The van der Waals surface area contributed by atoms with Crippen molar-refractivity contribution in [2.75, 3.05) is 23.3 Å². The van der Waals surface area contributed by atoms with Crippen molar-refractivity contribution in [3.05, 3.63) is 16.1 Å². The Kier molecular flexibility index (Phi) is 4.81. The van der Waals surface area contributed by atoms with Crippen LogP contribution in [0.4, 0.5) is 0 Å². The lowest BCUT2D eigenvalue weighted by atomic mass is 9.75. The lowest BCUT2D eigenvalue weighted by molar-refractivity contribution is 0.243. The lowest BCUT2D eigenvalue weighted by Crippen LogP contribution is -2.37. The number of nitrogens with zero attached hydrogens (tertiary/aromatic N) is 1. The minimum atomic E-state index is -2.92. The van der Waals surface area contributed by atoms with E-state index in [1.165, 1.54) is 0 Å². The third-order valence-corrected chi connectivity index (χ3v) is 7.49. The zero-order valence-corrected chi connectivity index (χ0v) is 13.9. The van der Waals surface area contributed by atoms with Crippen LogP contribution >= 0.6 is 34.5 Å². The molecule has 1 aromatic heterocycles. The van der Waals surface area contributed by atoms with Crippen LogP contribution in [0.3, 0.4) is 0 Å². The summed E-state index contributed by atoms with van der Waals surface area (Å²) in [5, 5.41) is 3.01. The fraction of sp³-hybridized carbons (Fsp3) is 0.750. The van der Waals surface area contributed by atoms with Gasteiger partial charge in [0.25, 0.3) is 0 Å². The van der Waals surface area contributed by atoms with Crippen LogP contribution in [0.5, 0.6) is 0 Å². The molecule has 1 saturated heterocycles. The molecule has 1 aliphatic heterocycles. The van der Waals surface area contributed by atoms with Crippen molar-refractivity contribution < 1.29 is 8.42 Å². The van der Waals surface area contributed by atoms with Crippen LogP contribution in [0.1, 0.15) is 17.1 Å². The first-order chi connectivity index (χ1) is 8.91. The molecular formula is C12H17Cl2NO2S2. The molecule has 7 heteroatoms. The summed E-state index contributed by atoms with van der Waals surface area (Å²) in [6, 6.07) is 0. The van der Waals surface area contributed by atoms with E-state index >= 15 is 0 Å². The van der Waals surface area contributed by atoms with Gasteiger partial charge in [-0.1, -0.05) is 0 Å². The second kappa shape index (κ2) is 5.88. The summed E-state index contributed by atoms with van der Waals surface area (Å²) in [6.45, 7) is 1.96. The number of thiazole rings is 1. The molecule has 0 spiro atoms. The molecule has 0 aromatic carbocycles. The minimum Gasteiger partial charge on any atom is -0.247 e. The van der Waals surface area contributed by atoms with Crippen molar-refractivity contribution in [2.45, 2.75) is 19.8 Å². The standard InChI is InChI=1S/C12H17Cl2NO2S2/c1-9-15-11(5-18-9)4-12(7-13,8-14)10-2-3-19(16,17)6-10/h5,10H,2-4,6-8H2,1H3. The third-order valence-electron chi connectivity index (χ3n) is 3.83. The molecule has 0 radical (unpaired) electrons. The van der Waals surface area contributed by atoms with E-state index in [0.29, 0.717) is 24.6 Å². The van der Waals surface area contributed by atoms with E-state index in [1.807, 2.05) is 12.3 Å². The average Bonchev–Trinajstić information content (AvgIpc) is 2.92. The number of hydrogen-bond donors (Lipinski definition) is 0. The number of aryl methyl sites for hydroxylation is 1. The Labute approximate surface area is 128 Å². The SMILES string of the molecule is Cc1nc(CC(CCl)(CCl)C2CCS(=O)(=O)C2)cs1. The van der Waals surface area contributed by atoms with E-state index in [4.69, 9.17) is 23.2 Å². The monoisotopic (exact) mass is 341 g/mol. The smallest absolute Gasteiger partial charge is 0.150 e. The van der Waals surface area contributed by atoms with Gasteiger partial charge in [-0.2, -0.15) is 0 Å². The number of aromatic nitrogens is 1. The largest absolute Gasteiger partial charge is 0.247 e. The number of rotatable bonds is 5. The third kappa shape index (κ3) is 3.43. The van der Waals surface area contributed by atoms with Gasteiger partial charge in [-0.05, 0) is 25.7 Å². The summed E-state index contributed by atoms with van der Waals surface area (Å²) >= 11 is 13.9. The molecule has 1 atom stereocenters. The Bertz CT molecular complexity index is 538. The summed E-state index contributed by atoms with van der Waals surface area (Å²) in [6.07, 6.45) is 1.31. The van der Waals surface area contributed by atoms with E-state index in [0.717, 1.165) is 10.7 Å². The highest BCUT2D eigenvalue weighted by Crippen LogP contribution is 2.41. The molecular weight excluding hydrogens is 325 g/mol. The van der Waals surface area contributed by atoms with E-state index < -0.39 is 9.84 Å². The molecule has 0 amide bonds. The van der Waals surface area contributed by atoms with Crippen molar-refractivity contribution in [3.63, 3.8) is 0 Å². The first-order valence-electron chi connectivity index (χ1n) is 6.14. The number of hydrogen-bond acceptors (Lipinski definition) is 4. The molecule has 0 bridgehead atoms. The van der Waals surface area contributed by atoms with E-state index in [-0.39, 0.29) is 22.8 Å². The van der Waals surface area contributed by atoms with Crippen LogP contribution in [0.2, 0.25) is 0 Å². The molecule has 2 heterocycles. The van der Waals surface area contributed by atoms with Crippen LogP contribution in [-0.2, 0) is 16.3 Å². The molecule has 2 rings (SSSR count). The predicted octanol–water partition coefficient (Wildman–Crippen LogP) is 2.89. The van der Waals surface area contributed by atoms with Gasteiger partial charge >= 0.3 is 0 Å². The molecule has 3 nitrogen and oxygen atoms in total. The highest BCUT2D eigenvalue weighted by atomic mass is 35.5. The Balaban J connectivity index is 2.22. The Morgan fingerprint density at radius 2 is 2.16 bits per heavy atom. The zero-order chi connectivity index (χ0) is 14.1. The summed E-state index contributed by atoms with van der Waals surface area (Å²) in [7, 11) is -2.92. The number of halogens is 2. The molecule has 0 N–H and O–H groups in total. The fourth-order valence-electron chi connectivity index (χ4n) is 2.62. The van der Waals surface area contributed by atoms with Crippen LogP contribution in [0, 0.1) is 18.3 Å². The summed E-state index contributed by atoms with van der Waals surface area (Å²) in [5.41, 5.74) is 0.598. The molecule has 19 heavy (non-hydrogen) atoms. The van der Waals surface area contributed by atoms with Crippen molar-refractivity contribution in [1.82, 2.24) is 4.98 Å². The Hall–Kier alpha value is 0.160. The molecule has 1 aliphatic rings. The topological polar surface area (TPSA) is 47.0 Å². The van der Waals surface area contributed by atoms with Crippen LogP contribution in [-0.4, -0.2) is 36.7 Å². The van der Waals surface area contributed by atoms with Crippen LogP contribution in [0.25, 0.3) is 0 Å². The summed E-state index contributed by atoms with van der Waals surface area (Å²) in [5.74, 6) is 1.23. The number of alkyl halides is 2. The predicted molar refractivity (Wildman–Crippen MR) is 81.2 cm³/mol. The van der Waals surface area contributed by atoms with Gasteiger partial charge in [-0.25, -0.2) is 13.4 Å². The molecule has 1 fully saturated rings.